The Morgan fingerprint density at radius 3 is 1.94 bits per heavy atom. The number of methoxy groups -OCH3 is 1. The maximum atomic E-state index is 12.5. The summed E-state index contributed by atoms with van der Waals surface area (Å²) in [4.78, 5) is 71.3. The third-order valence-corrected chi connectivity index (χ3v) is 14.9. The van der Waals surface area contributed by atoms with Crippen molar-refractivity contribution < 1.29 is 66.5 Å². The molecule has 19 nitrogen and oxygen atoms in total. The van der Waals surface area contributed by atoms with Gasteiger partial charge in [0.15, 0.2) is 37.8 Å². The van der Waals surface area contributed by atoms with Crippen LogP contribution in [0, 0.1) is 10.1 Å². The van der Waals surface area contributed by atoms with Crippen molar-refractivity contribution >= 4 is 73.7 Å². The number of ketones is 1. The van der Waals surface area contributed by atoms with E-state index in [2.05, 4.69) is 33.3 Å². The highest BCUT2D eigenvalue weighted by atomic mass is 16.6. The zero-order chi connectivity index (χ0) is 64.9. The van der Waals surface area contributed by atoms with E-state index >= 15 is 0 Å². The maximum Gasteiger partial charge on any atom is 0.354 e. The predicted molar refractivity (Wildman–Crippen MR) is 367 cm³/mol. The van der Waals surface area contributed by atoms with E-state index in [9.17, 15) is 34.1 Å². The molecule has 0 saturated heterocycles. The van der Waals surface area contributed by atoms with Crippen LogP contribution in [-0.4, -0.2) is 85.2 Å². The molecule has 0 aliphatic rings. The smallest absolute Gasteiger partial charge is 0.354 e. The summed E-state index contributed by atoms with van der Waals surface area (Å²) in [6.45, 7) is 3.00. The molecule has 0 fully saturated rings. The van der Waals surface area contributed by atoms with Gasteiger partial charge in [-0.3, -0.25) is 24.2 Å². The summed E-state index contributed by atoms with van der Waals surface area (Å²) in [5.74, 6) is -0.225. The summed E-state index contributed by atoms with van der Waals surface area (Å²) < 4.78 is 40.6. The van der Waals surface area contributed by atoms with Crippen molar-refractivity contribution in [1.29, 1.82) is 0 Å². The monoisotopic (exact) mass is 1280 g/mol. The lowest BCUT2D eigenvalue weighted by Crippen LogP contribution is -2.34. The van der Waals surface area contributed by atoms with Gasteiger partial charge in [-0.25, -0.2) is 23.5 Å². The summed E-state index contributed by atoms with van der Waals surface area (Å²) in [7, 11) is 11.4. The standard InChI is InChI=1S/C27H38NO4.C25H23N2O5.C20H16N3O4.3CH4/c1-22(29)25-13-9-10-14-26(25)31-19-11-7-5-6-8-12-20-32-27(30)21-23-15-17-24(18-16-23)28(2,3)4;1-26-12-6-9-19(15-26)24(28)32-17-27-22-11-10-21(31-16-18-7-4-3-5-8-18)13-20(22)14-23(27)25(29)30-2;1-21-12-16(10-14-4-2-3-5-18(14)21)20(24)27-13-22-9-8-15-11-17(23(25)26)6-7-19(15)22;;;/h9-10,13-18H,5-8,11-12,19-21H2,1-4H3;3-15H,16-17H2,1-2H3;2-12H,13H2,1H3;3*1H4/q3*+1;;;. The van der Waals surface area contributed by atoms with E-state index in [1.807, 2.05) is 128 Å². The Hall–Kier alpha value is -10.5. The summed E-state index contributed by atoms with van der Waals surface area (Å²) >= 11 is 0. The molecule has 94 heavy (non-hydrogen) atoms. The Morgan fingerprint density at radius 1 is 0.574 bits per heavy atom. The molecule has 0 saturated carbocycles. The topological polar surface area (TPSA) is 201 Å². The quantitative estimate of drug-likeness (QED) is 0.00765. The number of para-hydroxylation sites is 2. The van der Waals surface area contributed by atoms with Gasteiger partial charge in [-0.1, -0.05) is 115 Å². The normalized spacial score (nSPS) is 10.6. The summed E-state index contributed by atoms with van der Waals surface area (Å²) in [6.07, 6.45) is 13.6. The molecule has 0 spiro atoms. The van der Waals surface area contributed by atoms with Crippen LogP contribution in [0.1, 0.15) is 120 Å². The molecular formula is C75H89N6O13+3. The second-order valence-corrected chi connectivity index (χ2v) is 22.6. The van der Waals surface area contributed by atoms with Crippen LogP contribution in [-0.2, 0) is 64.3 Å². The average molecular weight is 1280 g/mol. The number of pyridine rings is 2. The number of unbranched alkanes of at least 4 members (excludes halogenated alkanes) is 5. The molecule has 0 N–H and O–H groups in total. The Kier molecular flexibility index (Phi) is 28.3. The van der Waals surface area contributed by atoms with Gasteiger partial charge in [-0.2, -0.15) is 0 Å². The van der Waals surface area contributed by atoms with Crippen molar-refractivity contribution in [3.8, 4) is 11.5 Å². The van der Waals surface area contributed by atoms with E-state index in [1.54, 1.807) is 81.7 Å². The van der Waals surface area contributed by atoms with Crippen LogP contribution >= 0.6 is 0 Å². The van der Waals surface area contributed by atoms with Crippen LogP contribution in [0.4, 0.5) is 11.4 Å². The first-order valence-electron chi connectivity index (χ1n) is 29.9. The van der Waals surface area contributed by atoms with E-state index in [1.165, 1.54) is 24.9 Å². The third-order valence-electron chi connectivity index (χ3n) is 14.9. The lowest BCUT2D eigenvalue weighted by molar-refractivity contribution is -0.671. The molecule has 10 aromatic rings. The molecule has 0 amide bonds. The van der Waals surface area contributed by atoms with Crippen molar-refractivity contribution in [3.63, 3.8) is 0 Å². The fourth-order valence-corrected chi connectivity index (χ4v) is 10.00. The van der Waals surface area contributed by atoms with Crippen molar-refractivity contribution in [2.75, 3.05) is 41.5 Å². The number of rotatable bonds is 25. The van der Waals surface area contributed by atoms with Crippen LogP contribution in [0.15, 0.2) is 195 Å². The molecule has 0 bridgehead atoms. The molecular weight excluding hydrogens is 1190 g/mol. The number of non-ortho nitro benzene ring substituents is 1. The number of esters is 4. The lowest BCUT2D eigenvalue weighted by Gasteiger charge is -2.23. The molecule has 19 heteroatoms. The molecule has 10 rings (SSSR count). The van der Waals surface area contributed by atoms with Gasteiger partial charge in [0.2, 0.25) is 5.52 Å². The Balaban J connectivity index is 0.000000252. The van der Waals surface area contributed by atoms with Gasteiger partial charge in [0.05, 0.1) is 69.4 Å². The molecule has 494 valence electrons. The van der Waals surface area contributed by atoms with Gasteiger partial charge in [0.25, 0.3) is 5.69 Å². The number of ether oxygens (including phenoxy) is 6. The van der Waals surface area contributed by atoms with E-state index in [0.717, 1.165) is 86.8 Å². The molecule has 0 unspecified atom stereocenters. The summed E-state index contributed by atoms with van der Waals surface area (Å²) in [5, 5.41) is 13.3. The largest absolute Gasteiger partial charge is 0.493 e. The van der Waals surface area contributed by atoms with Crippen LogP contribution in [0.2, 0.25) is 0 Å². The minimum Gasteiger partial charge on any atom is -0.493 e. The zero-order valence-corrected chi connectivity index (χ0v) is 52.5. The van der Waals surface area contributed by atoms with Gasteiger partial charge in [-0.15, -0.1) is 0 Å². The fourth-order valence-electron chi connectivity index (χ4n) is 10.00. The third kappa shape index (κ3) is 21.0. The van der Waals surface area contributed by atoms with E-state index in [-0.39, 0.29) is 58.9 Å². The van der Waals surface area contributed by atoms with Gasteiger partial charge in [0, 0.05) is 46.6 Å². The molecule has 0 atom stereocenters. The number of Topliss-reactive ketones (excluding diaryl/α,β-unsaturated/α-hetero) is 1. The number of fused-ring (bicyclic) bond motifs is 3. The van der Waals surface area contributed by atoms with Crippen molar-refractivity contribution in [2.24, 2.45) is 14.1 Å². The predicted octanol–water partition coefficient (Wildman–Crippen LogP) is 14.5. The maximum absolute atomic E-state index is 12.5. The van der Waals surface area contributed by atoms with Crippen LogP contribution in [0.3, 0.4) is 0 Å². The summed E-state index contributed by atoms with van der Waals surface area (Å²) in [6, 6.07) is 51.9. The first kappa shape index (κ1) is 74.2. The van der Waals surface area contributed by atoms with Gasteiger partial charge in [-0.05, 0) is 110 Å². The molecule has 6 aromatic carbocycles. The van der Waals surface area contributed by atoms with E-state index in [4.69, 9.17) is 28.4 Å². The van der Waals surface area contributed by atoms with Gasteiger partial charge >= 0.3 is 23.9 Å². The van der Waals surface area contributed by atoms with Gasteiger partial charge in [0.1, 0.15) is 54.7 Å². The number of hydrogen-bond donors (Lipinski definition) is 0. The minimum absolute atomic E-state index is 0. The van der Waals surface area contributed by atoms with Crippen LogP contribution in [0.25, 0.3) is 32.7 Å². The SMILES string of the molecule is C.C.C.CC(=O)c1ccccc1OCCCCCCCCOC(=O)Cc1ccc([N+](C)(C)C)cc1.COC(=O)c1cc2cc(OCc3ccccc3)ccc2n1COC(=O)c1ccc[n+](C)c1.C[n+]1cc(C(=O)OCn2ccc3cc([N+](=O)[O-])ccc32)cc2ccccc21. The van der Waals surface area contributed by atoms with E-state index in [0.29, 0.717) is 54.4 Å². The number of hydrogen-bond acceptors (Lipinski definition) is 13. The first-order valence-corrected chi connectivity index (χ1v) is 29.9. The lowest BCUT2D eigenvalue weighted by atomic mass is 10.1. The number of nitro groups is 1. The minimum atomic E-state index is -0.518. The fraction of sp³-hybridized carbons (Fsp3) is 0.293. The molecule has 4 heterocycles. The van der Waals surface area contributed by atoms with Crippen molar-refractivity contribution in [2.45, 2.75) is 94.2 Å². The number of aryl methyl sites for hydroxylation is 2. The van der Waals surface area contributed by atoms with Gasteiger partial charge < -0.3 is 37.6 Å². The second-order valence-electron chi connectivity index (χ2n) is 22.6. The molecule has 4 aromatic heterocycles. The number of benzene rings is 6. The van der Waals surface area contributed by atoms with Crippen molar-refractivity contribution in [1.82, 2.24) is 13.6 Å². The number of nitro benzene ring substituents is 1. The molecule has 0 aliphatic carbocycles. The Labute approximate surface area is 551 Å². The number of aromatic nitrogens is 4. The van der Waals surface area contributed by atoms with Crippen LogP contribution in [0.5, 0.6) is 11.5 Å². The highest BCUT2D eigenvalue weighted by Gasteiger charge is 2.21. The number of quaternary nitrogens is 1. The number of carbonyl (C=O) groups excluding carboxylic acids is 5. The zero-order valence-electron chi connectivity index (χ0n) is 52.5. The second kappa shape index (κ2) is 35.9. The van der Waals surface area contributed by atoms with E-state index < -0.39 is 22.8 Å². The first-order chi connectivity index (χ1) is 43.8. The molecule has 0 aliphatic heterocycles. The number of carbonyl (C=O) groups is 5. The number of nitrogens with zero attached hydrogens (tertiary/aromatic N) is 6. The molecule has 0 radical (unpaired) electrons. The highest BCUT2D eigenvalue weighted by molar-refractivity contribution is 5.97. The Bertz CT molecular complexity index is 4150. The highest BCUT2D eigenvalue weighted by Crippen LogP contribution is 2.28. The van der Waals surface area contributed by atoms with Crippen LogP contribution < -0.4 is 23.1 Å². The summed E-state index contributed by atoms with van der Waals surface area (Å²) in [5.41, 5.74) is 7.59. The average Bonchev–Trinajstić information content (AvgIpc) is 1.61. The van der Waals surface area contributed by atoms with Crippen molar-refractivity contribution in [3.05, 3.63) is 238 Å². The Morgan fingerprint density at radius 2 is 1.23 bits per heavy atom.